The predicted molar refractivity (Wildman–Crippen MR) is 57.7 cm³/mol. The predicted octanol–water partition coefficient (Wildman–Crippen LogP) is 2.66. The Kier molecular flexibility index (Phi) is 8.46. The fourth-order valence-corrected chi connectivity index (χ4v) is 1.55. The molecular formula is C11H25NO. The summed E-state index contributed by atoms with van der Waals surface area (Å²) in [7, 11) is 0. The molecule has 0 spiro atoms. The highest BCUT2D eigenvalue weighted by atomic mass is 16.3. The van der Waals surface area contributed by atoms with Crippen molar-refractivity contribution in [3.63, 3.8) is 0 Å². The monoisotopic (exact) mass is 187 g/mol. The molecule has 0 amide bonds. The molecule has 2 unspecified atom stereocenters. The summed E-state index contributed by atoms with van der Waals surface area (Å²) in [6.07, 6.45) is 7.44. The van der Waals surface area contributed by atoms with Gasteiger partial charge < -0.3 is 5.11 Å². The molecule has 0 heterocycles. The number of aliphatic hydroxyl groups excluding tert-OH is 1. The summed E-state index contributed by atoms with van der Waals surface area (Å²) < 4.78 is 0. The third-order valence-electron chi connectivity index (χ3n) is 2.27. The molecule has 0 saturated carbocycles. The normalized spacial score (nSPS) is 15.7. The van der Waals surface area contributed by atoms with Crippen LogP contribution >= 0.6 is 0 Å². The molecule has 0 aliphatic rings. The van der Waals surface area contributed by atoms with Crippen LogP contribution in [0.15, 0.2) is 0 Å². The van der Waals surface area contributed by atoms with Gasteiger partial charge in [-0.3, -0.25) is 5.32 Å². The molecule has 0 fully saturated rings. The van der Waals surface area contributed by atoms with Gasteiger partial charge in [0.2, 0.25) is 0 Å². The zero-order chi connectivity index (χ0) is 10.1. The summed E-state index contributed by atoms with van der Waals surface area (Å²) in [6, 6.07) is 0.446. The molecule has 0 saturated heterocycles. The Bertz CT molecular complexity index is 104. The van der Waals surface area contributed by atoms with Gasteiger partial charge in [-0.15, -0.1) is 0 Å². The van der Waals surface area contributed by atoms with Gasteiger partial charge in [-0.1, -0.05) is 39.0 Å². The maximum Gasteiger partial charge on any atom is 0.102 e. The Hall–Kier alpha value is -0.0800. The lowest BCUT2D eigenvalue weighted by Gasteiger charge is -2.15. The molecule has 0 aliphatic heterocycles. The molecule has 0 aromatic carbocycles. The molecule has 0 bridgehead atoms. The van der Waals surface area contributed by atoms with Crippen LogP contribution in [0.5, 0.6) is 0 Å². The van der Waals surface area contributed by atoms with E-state index in [2.05, 4.69) is 19.2 Å². The molecule has 0 aliphatic carbocycles. The van der Waals surface area contributed by atoms with Crippen LogP contribution < -0.4 is 5.32 Å². The average molecular weight is 187 g/mol. The van der Waals surface area contributed by atoms with Crippen molar-refractivity contribution < 1.29 is 5.11 Å². The van der Waals surface area contributed by atoms with Gasteiger partial charge >= 0.3 is 0 Å². The summed E-state index contributed by atoms with van der Waals surface area (Å²) in [5.41, 5.74) is 0. The van der Waals surface area contributed by atoms with E-state index in [1.54, 1.807) is 6.92 Å². The Balaban J connectivity index is 3.12. The highest BCUT2D eigenvalue weighted by Crippen LogP contribution is 2.07. The van der Waals surface area contributed by atoms with Gasteiger partial charge in [0, 0.05) is 6.04 Å². The number of aliphatic hydroxyl groups is 1. The first-order chi connectivity index (χ1) is 6.16. The minimum Gasteiger partial charge on any atom is -0.379 e. The van der Waals surface area contributed by atoms with E-state index in [1.165, 1.54) is 38.5 Å². The van der Waals surface area contributed by atoms with Crippen molar-refractivity contribution in [1.29, 1.82) is 0 Å². The topological polar surface area (TPSA) is 32.3 Å². The lowest BCUT2D eigenvalue weighted by atomic mass is 10.1. The fourth-order valence-electron chi connectivity index (χ4n) is 1.55. The molecule has 2 N–H and O–H groups in total. The van der Waals surface area contributed by atoms with E-state index in [-0.39, 0.29) is 6.23 Å². The zero-order valence-corrected chi connectivity index (χ0v) is 9.34. The lowest BCUT2D eigenvalue weighted by molar-refractivity contribution is 0.141. The zero-order valence-electron chi connectivity index (χ0n) is 9.34. The van der Waals surface area contributed by atoms with Gasteiger partial charge in [-0.05, 0) is 20.3 Å². The minimum atomic E-state index is -0.370. The Labute approximate surface area is 82.7 Å². The van der Waals surface area contributed by atoms with Crippen LogP contribution in [-0.4, -0.2) is 17.4 Å². The first kappa shape index (κ1) is 12.9. The van der Waals surface area contributed by atoms with E-state index in [1.807, 2.05) is 0 Å². The van der Waals surface area contributed by atoms with Crippen molar-refractivity contribution in [3.8, 4) is 0 Å². The fraction of sp³-hybridized carbons (Fsp3) is 1.00. The quantitative estimate of drug-likeness (QED) is 0.452. The largest absolute Gasteiger partial charge is 0.379 e. The number of unbranched alkanes of at least 4 members (excludes halogenated alkanes) is 4. The molecule has 0 aromatic heterocycles. The molecule has 2 atom stereocenters. The van der Waals surface area contributed by atoms with Gasteiger partial charge in [0.25, 0.3) is 0 Å². The van der Waals surface area contributed by atoms with Gasteiger partial charge in [0.1, 0.15) is 6.23 Å². The van der Waals surface area contributed by atoms with Gasteiger partial charge in [-0.2, -0.15) is 0 Å². The Morgan fingerprint density at radius 1 is 1.08 bits per heavy atom. The maximum atomic E-state index is 9.05. The molecule has 2 heteroatoms. The third kappa shape index (κ3) is 9.84. The van der Waals surface area contributed by atoms with Crippen molar-refractivity contribution in [1.82, 2.24) is 5.32 Å². The second-order valence-corrected chi connectivity index (χ2v) is 3.95. The highest BCUT2D eigenvalue weighted by Gasteiger charge is 2.02. The Morgan fingerprint density at radius 3 is 2.23 bits per heavy atom. The van der Waals surface area contributed by atoms with Crippen LogP contribution in [0.4, 0.5) is 0 Å². The van der Waals surface area contributed by atoms with Crippen LogP contribution in [0.3, 0.4) is 0 Å². The molecule has 2 nitrogen and oxygen atoms in total. The van der Waals surface area contributed by atoms with Crippen molar-refractivity contribution in [2.24, 2.45) is 0 Å². The van der Waals surface area contributed by atoms with Gasteiger partial charge in [0.05, 0.1) is 0 Å². The van der Waals surface area contributed by atoms with Crippen LogP contribution in [0.1, 0.15) is 59.3 Å². The Morgan fingerprint density at radius 2 is 1.69 bits per heavy atom. The summed E-state index contributed by atoms with van der Waals surface area (Å²) in [5.74, 6) is 0. The van der Waals surface area contributed by atoms with Gasteiger partial charge in [-0.25, -0.2) is 0 Å². The summed E-state index contributed by atoms with van der Waals surface area (Å²) >= 11 is 0. The number of hydrogen-bond acceptors (Lipinski definition) is 2. The van der Waals surface area contributed by atoms with Crippen molar-refractivity contribution >= 4 is 0 Å². The number of hydrogen-bond donors (Lipinski definition) is 2. The van der Waals surface area contributed by atoms with E-state index in [9.17, 15) is 0 Å². The first-order valence-corrected chi connectivity index (χ1v) is 5.61. The van der Waals surface area contributed by atoms with Crippen LogP contribution in [0, 0.1) is 0 Å². The first-order valence-electron chi connectivity index (χ1n) is 5.61. The van der Waals surface area contributed by atoms with E-state index in [0.29, 0.717) is 6.04 Å². The third-order valence-corrected chi connectivity index (χ3v) is 2.27. The summed E-state index contributed by atoms with van der Waals surface area (Å²) in [5, 5.41) is 12.1. The smallest absolute Gasteiger partial charge is 0.102 e. The maximum absolute atomic E-state index is 9.05. The molecule has 80 valence electrons. The summed E-state index contributed by atoms with van der Waals surface area (Å²) in [6.45, 7) is 6.14. The van der Waals surface area contributed by atoms with Crippen molar-refractivity contribution in [2.75, 3.05) is 0 Å². The molecule has 0 aromatic rings. The van der Waals surface area contributed by atoms with E-state index in [0.717, 1.165) is 0 Å². The minimum absolute atomic E-state index is 0.370. The van der Waals surface area contributed by atoms with Crippen LogP contribution in [-0.2, 0) is 0 Å². The number of rotatable bonds is 8. The number of nitrogens with one attached hydrogen (secondary N) is 1. The standard InChI is InChI=1S/C11H25NO/c1-4-5-6-7-8-9-10(2)12-11(3)13/h10-13H,4-9H2,1-3H3. The average Bonchev–Trinajstić information content (AvgIpc) is 2.02. The molecular weight excluding hydrogens is 162 g/mol. The van der Waals surface area contributed by atoms with Crippen LogP contribution in [0.2, 0.25) is 0 Å². The highest BCUT2D eigenvalue weighted by molar-refractivity contribution is 4.60. The molecule has 13 heavy (non-hydrogen) atoms. The second-order valence-electron chi connectivity index (χ2n) is 3.95. The lowest BCUT2D eigenvalue weighted by Crippen LogP contribution is -2.33. The van der Waals surface area contributed by atoms with Crippen molar-refractivity contribution in [3.05, 3.63) is 0 Å². The second kappa shape index (κ2) is 8.52. The van der Waals surface area contributed by atoms with E-state index >= 15 is 0 Å². The van der Waals surface area contributed by atoms with Crippen LogP contribution in [0.25, 0.3) is 0 Å². The van der Waals surface area contributed by atoms with Crippen molar-refractivity contribution in [2.45, 2.75) is 71.6 Å². The SMILES string of the molecule is CCCCCCCC(C)NC(C)O. The summed E-state index contributed by atoms with van der Waals surface area (Å²) in [4.78, 5) is 0. The van der Waals surface area contributed by atoms with E-state index in [4.69, 9.17) is 5.11 Å². The molecule has 0 radical (unpaired) electrons. The molecule has 0 rings (SSSR count). The van der Waals surface area contributed by atoms with Gasteiger partial charge in [0.15, 0.2) is 0 Å². The van der Waals surface area contributed by atoms with E-state index < -0.39 is 0 Å².